The highest BCUT2D eigenvalue weighted by molar-refractivity contribution is 6.34. The van der Waals surface area contributed by atoms with Gasteiger partial charge < -0.3 is 10.4 Å². The molecule has 4 nitrogen and oxygen atoms in total. The van der Waals surface area contributed by atoms with E-state index in [1.165, 1.54) is 0 Å². The normalized spacial score (nSPS) is 16.6. The second-order valence-electron chi connectivity index (χ2n) is 6.38. The zero-order valence-electron chi connectivity index (χ0n) is 13.5. The van der Waals surface area contributed by atoms with Gasteiger partial charge in [0.15, 0.2) is 0 Å². The van der Waals surface area contributed by atoms with E-state index >= 15 is 0 Å². The van der Waals surface area contributed by atoms with Gasteiger partial charge in [0.05, 0.1) is 21.9 Å². The van der Waals surface area contributed by atoms with E-state index in [-0.39, 0.29) is 12.5 Å². The quantitative estimate of drug-likeness (QED) is 0.886. The number of benzene rings is 1. The van der Waals surface area contributed by atoms with Crippen LogP contribution in [0.1, 0.15) is 42.5 Å². The molecule has 2 aromatic rings. The number of hydrogen-bond donors (Lipinski definition) is 2. The first kappa shape index (κ1) is 16.9. The first-order valence-electron chi connectivity index (χ1n) is 8.29. The topological polar surface area (TPSA) is 62.2 Å². The number of pyridine rings is 1. The molecule has 1 aromatic carbocycles. The van der Waals surface area contributed by atoms with E-state index in [0.29, 0.717) is 10.6 Å². The van der Waals surface area contributed by atoms with Crippen molar-refractivity contribution in [3.8, 4) is 11.3 Å². The second-order valence-corrected chi connectivity index (χ2v) is 6.78. The van der Waals surface area contributed by atoms with E-state index in [2.05, 4.69) is 10.3 Å². The third-order valence-electron chi connectivity index (χ3n) is 4.53. The molecule has 0 radical (unpaired) electrons. The number of carbonyl (C=O) groups excluding carboxylic acids is 1. The molecule has 0 bridgehead atoms. The van der Waals surface area contributed by atoms with E-state index in [1.807, 2.05) is 24.3 Å². The molecule has 0 atom stereocenters. The monoisotopic (exact) mass is 344 g/mol. The minimum absolute atomic E-state index is 0.260. The van der Waals surface area contributed by atoms with Crippen LogP contribution < -0.4 is 5.32 Å². The molecule has 0 unspecified atom stereocenters. The molecule has 0 spiro atoms. The Morgan fingerprint density at radius 1 is 1.21 bits per heavy atom. The van der Waals surface area contributed by atoms with Crippen molar-refractivity contribution in [3.05, 3.63) is 53.2 Å². The van der Waals surface area contributed by atoms with Crippen LogP contribution in [0.25, 0.3) is 11.3 Å². The Bertz CT molecular complexity index is 713. The van der Waals surface area contributed by atoms with Crippen molar-refractivity contribution >= 4 is 17.5 Å². The van der Waals surface area contributed by atoms with Crippen molar-refractivity contribution in [2.75, 3.05) is 6.54 Å². The lowest BCUT2D eigenvalue weighted by molar-refractivity contribution is 0.00526. The van der Waals surface area contributed by atoms with Crippen molar-refractivity contribution in [1.82, 2.24) is 10.3 Å². The number of rotatable bonds is 4. The van der Waals surface area contributed by atoms with Crippen molar-refractivity contribution in [2.24, 2.45) is 0 Å². The van der Waals surface area contributed by atoms with Gasteiger partial charge in [-0.05, 0) is 37.1 Å². The highest BCUT2D eigenvalue weighted by Gasteiger charge is 2.29. The SMILES string of the molecule is O=C(NCC1(O)CCCCC1)c1cc(-c2ccccn2)ccc1Cl. The minimum atomic E-state index is -0.793. The maximum absolute atomic E-state index is 12.5. The average molecular weight is 345 g/mol. The minimum Gasteiger partial charge on any atom is -0.388 e. The van der Waals surface area contributed by atoms with E-state index in [4.69, 9.17) is 11.6 Å². The molecule has 1 fully saturated rings. The van der Waals surface area contributed by atoms with Crippen LogP contribution in [0.15, 0.2) is 42.6 Å². The first-order chi connectivity index (χ1) is 11.6. The number of nitrogens with one attached hydrogen (secondary N) is 1. The maximum Gasteiger partial charge on any atom is 0.252 e. The Kier molecular flexibility index (Phi) is 5.17. The van der Waals surface area contributed by atoms with Gasteiger partial charge in [0.25, 0.3) is 5.91 Å². The highest BCUT2D eigenvalue weighted by Crippen LogP contribution is 2.28. The number of carbonyl (C=O) groups is 1. The van der Waals surface area contributed by atoms with Crippen molar-refractivity contribution in [1.29, 1.82) is 0 Å². The Morgan fingerprint density at radius 3 is 2.71 bits per heavy atom. The van der Waals surface area contributed by atoms with Gasteiger partial charge in [-0.25, -0.2) is 0 Å². The highest BCUT2D eigenvalue weighted by atomic mass is 35.5. The molecule has 1 saturated carbocycles. The Labute approximate surface area is 146 Å². The molecule has 5 heteroatoms. The molecule has 1 aromatic heterocycles. The zero-order valence-corrected chi connectivity index (χ0v) is 14.2. The third kappa shape index (κ3) is 3.94. The number of nitrogens with zero attached hydrogens (tertiary/aromatic N) is 1. The number of aromatic nitrogens is 1. The second kappa shape index (κ2) is 7.32. The van der Waals surface area contributed by atoms with Gasteiger partial charge in [-0.1, -0.05) is 43.0 Å². The van der Waals surface area contributed by atoms with Crippen LogP contribution in [-0.2, 0) is 0 Å². The standard InChI is InChI=1S/C19H21ClN2O2/c20-16-8-7-14(17-6-2-5-11-21-17)12-15(16)18(23)22-13-19(24)9-3-1-4-10-19/h2,5-8,11-12,24H,1,3-4,9-10,13H2,(H,22,23). The lowest BCUT2D eigenvalue weighted by atomic mass is 9.85. The number of hydrogen-bond acceptors (Lipinski definition) is 3. The largest absolute Gasteiger partial charge is 0.388 e. The van der Waals surface area contributed by atoms with Gasteiger partial charge in [0, 0.05) is 18.3 Å². The van der Waals surface area contributed by atoms with Crippen LogP contribution in [0.5, 0.6) is 0 Å². The van der Waals surface area contributed by atoms with Gasteiger partial charge >= 0.3 is 0 Å². The molecule has 1 aliphatic carbocycles. The lowest BCUT2D eigenvalue weighted by Crippen LogP contribution is -2.44. The van der Waals surface area contributed by atoms with Crippen molar-refractivity contribution < 1.29 is 9.90 Å². The Morgan fingerprint density at radius 2 is 2.00 bits per heavy atom. The third-order valence-corrected chi connectivity index (χ3v) is 4.86. The molecule has 126 valence electrons. The molecular formula is C19H21ClN2O2. The summed E-state index contributed by atoms with van der Waals surface area (Å²) in [4.78, 5) is 16.8. The summed E-state index contributed by atoms with van der Waals surface area (Å²) in [5, 5.41) is 13.7. The molecule has 1 aliphatic rings. The summed E-state index contributed by atoms with van der Waals surface area (Å²) in [6.07, 6.45) is 6.32. The predicted molar refractivity (Wildman–Crippen MR) is 95.1 cm³/mol. The molecule has 1 amide bonds. The Hall–Kier alpha value is -1.91. The van der Waals surface area contributed by atoms with Crippen LogP contribution in [0.3, 0.4) is 0 Å². The van der Waals surface area contributed by atoms with E-state index in [1.54, 1.807) is 18.3 Å². The summed E-state index contributed by atoms with van der Waals surface area (Å²) in [6, 6.07) is 10.9. The average Bonchev–Trinajstić information content (AvgIpc) is 2.61. The van der Waals surface area contributed by atoms with Crippen LogP contribution in [-0.4, -0.2) is 28.1 Å². The number of amides is 1. The van der Waals surface area contributed by atoms with E-state index in [0.717, 1.165) is 43.4 Å². The maximum atomic E-state index is 12.5. The molecular weight excluding hydrogens is 324 g/mol. The summed E-state index contributed by atoms with van der Waals surface area (Å²) in [5.41, 5.74) is 1.23. The molecule has 3 rings (SSSR count). The van der Waals surface area contributed by atoms with Crippen LogP contribution in [0.2, 0.25) is 5.02 Å². The summed E-state index contributed by atoms with van der Waals surface area (Å²) in [7, 11) is 0. The smallest absolute Gasteiger partial charge is 0.252 e. The van der Waals surface area contributed by atoms with Gasteiger partial charge in [-0.2, -0.15) is 0 Å². The van der Waals surface area contributed by atoms with E-state index < -0.39 is 5.60 Å². The molecule has 0 saturated heterocycles. The summed E-state index contributed by atoms with van der Waals surface area (Å²) in [5.74, 6) is -0.267. The molecule has 2 N–H and O–H groups in total. The fourth-order valence-electron chi connectivity index (χ4n) is 3.12. The Balaban J connectivity index is 1.74. The number of aliphatic hydroxyl groups is 1. The fourth-order valence-corrected chi connectivity index (χ4v) is 3.32. The van der Waals surface area contributed by atoms with Gasteiger partial charge in [-0.15, -0.1) is 0 Å². The van der Waals surface area contributed by atoms with Crippen LogP contribution >= 0.6 is 11.6 Å². The fraction of sp³-hybridized carbons (Fsp3) is 0.368. The zero-order chi connectivity index (χ0) is 17.0. The van der Waals surface area contributed by atoms with Crippen LogP contribution in [0.4, 0.5) is 0 Å². The molecule has 0 aliphatic heterocycles. The molecule has 24 heavy (non-hydrogen) atoms. The predicted octanol–water partition coefficient (Wildman–Crippen LogP) is 3.83. The van der Waals surface area contributed by atoms with Crippen molar-refractivity contribution in [3.63, 3.8) is 0 Å². The lowest BCUT2D eigenvalue weighted by Gasteiger charge is -2.32. The molecule has 1 heterocycles. The van der Waals surface area contributed by atoms with Crippen molar-refractivity contribution in [2.45, 2.75) is 37.7 Å². The summed E-state index contributed by atoms with van der Waals surface area (Å²) >= 11 is 6.19. The number of halogens is 1. The summed E-state index contributed by atoms with van der Waals surface area (Å²) < 4.78 is 0. The van der Waals surface area contributed by atoms with Gasteiger partial charge in [-0.3, -0.25) is 9.78 Å². The van der Waals surface area contributed by atoms with E-state index in [9.17, 15) is 9.90 Å². The van der Waals surface area contributed by atoms with Crippen LogP contribution in [0, 0.1) is 0 Å². The van der Waals surface area contributed by atoms with Gasteiger partial charge in [0.2, 0.25) is 0 Å². The first-order valence-corrected chi connectivity index (χ1v) is 8.67. The van der Waals surface area contributed by atoms with Gasteiger partial charge in [0.1, 0.15) is 0 Å². The summed E-state index contributed by atoms with van der Waals surface area (Å²) in [6.45, 7) is 0.260.